The molecule has 27 heavy (non-hydrogen) atoms. The third-order valence-corrected chi connectivity index (χ3v) is 6.90. The predicted octanol–water partition coefficient (Wildman–Crippen LogP) is 6.48. The number of amides is 1. The second-order valence-corrected chi connectivity index (χ2v) is 9.82. The van der Waals surface area contributed by atoms with E-state index in [1.807, 2.05) is 0 Å². The summed E-state index contributed by atoms with van der Waals surface area (Å²) in [7, 11) is 3.57. The van der Waals surface area contributed by atoms with E-state index >= 15 is 0 Å². The monoisotopic (exact) mass is 416 g/mol. The molecule has 0 saturated heterocycles. The molecule has 1 amide bonds. The van der Waals surface area contributed by atoms with Crippen molar-refractivity contribution in [1.29, 1.82) is 0 Å². The van der Waals surface area contributed by atoms with Crippen molar-refractivity contribution in [3.05, 3.63) is 12.2 Å². The van der Waals surface area contributed by atoms with Crippen molar-refractivity contribution < 1.29 is 4.79 Å². The fraction of sp³-hybridized carbons (Fsp3) is 0.864. The first-order valence-electron chi connectivity index (χ1n) is 11.2. The number of rotatable bonds is 21. The zero-order chi connectivity index (χ0) is 19.8. The highest BCUT2D eigenvalue weighted by Crippen LogP contribution is 2.18. The summed E-state index contributed by atoms with van der Waals surface area (Å²) < 4.78 is 0. The maximum absolute atomic E-state index is 11.7. The minimum absolute atomic E-state index is 0.206. The average Bonchev–Trinajstić information content (AvgIpc) is 2.67. The molecule has 0 radical (unpaired) electrons. The standard InChI is InChI=1S/C22H44N2OS2/c1-2-3-4-5-6-7-8-9-10-11-12-13-14-15-16-17-22(25)24-19-21-27-26-20-18-23/h9-10H,2-8,11-21,23H2,1H3,(H,24,25)/b10-9-. The predicted molar refractivity (Wildman–Crippen MR) is 126 cm³/mol. The number of carbonyl (C=O) groups excluding carboxylic acids is 1. The molecule has 0 unspecified atom stereocenters. The third-order valence-electron chi connectivity index (χ3n) is 4.46. The third kappa shape index (κ3) is 23.8. The molecule has 0 aliphatic rings. The van der Waals surface area contributed by atoms with Gasteiger partial charge in [0.1, 0.15) is 0 Å². The summed E-state index contributed by atoms with van der Waals surface area (Å²) in [5, 5.41) is 3.00. The van der Waals surface area contributed by atoms with Crippen LogP contribution in [0.4, 0.5) is 0 Å². The molecule has 3 N–H and O–H groups in total. The molecule has 0 fully saturated rings. The SMILES string of the molecule is CCCCCCCC/C=C\CCCCCCCC(=O)NCCSSCCN. The molecule has 160 valence electrons. The highest BCUT2D eigenvalue weighted by molar-refractivity contribution is 8.76. The second kappa shape index (κ2) is 23.9. The summed E-state index contributed by atoms with van der Waals surface area (Å²) in [4.78, 5) is 11.7. The van der Waals surface area contributed by atoms with Crippen LogP contribution >= 0.6 is 21.6 Å². The molecule has 5 heteroatoms. The molecule has 0 aromatic rings. The maximum Gasteiger partial charge on any atom is 0.220 e. The van der Waals surface area contributed by atoms with Gasteiger partial charge in [0.25, 0.3) is 0 Å². The van der Waals surface area contributed by atoms with Crippen molar-refractivity contribution in [2.45, 2.75) is 96.8 Å². The fourth-order valence-corrected chi connectivity index (χ4v) is 4.61. The Morgan fingerprint density at radius 1 is 0.815 bits per heavy atom. The fourth-order valence-electron chi connectivity index (χ4n) is 2.84. The lowest BCUT2D eigenvalue weighted by molar-refractivity contribution is -0.121. The summed E-state index contributed by atoms with van der Waals surface area (Å²) >= 11 is 0. The van der Waals surface area contributed by atoms with Gasteiger partial charge in [-0.2, -0.15) is 0 Å². The van der Waals surface area contributed by atoms with Gasteiger partial charge in [-0.15, -0.1) is 0 Å². The van der Waals surface area contributed by atoms with Crippen LogP contribution in [0.25, 0.3) is 0 Å². The smallest absolute Gasteiger partial charge is 0.220 e. The zero-order valence-electron chi connectivity index (χ0n) is 17.7. The van der Waals surface area contributed by atoms with Gasteiger partial charge < -0.3 is 11.1 Å². The summed E-state index contributed by atoms with van der Waals surface area (Å²) in [5.74, 6) is 2.15. The van der Waals surface area contributed by atoms with E-state index in [2.05, 4.69) is 24.4 Å². The van der Waals surface area contributed by atoms with Gasteiger partial charge in [-0.3, -0.25) is 4.79 Å². The van der Waals surface area contributed by atoms with Crippen molar-refractivity contribution in [2.75, 3.05) is 24.6 Å². The lowest BCUT2D eigenvalue weighted by Crippen LogP contribution is -2.25. The molecule has 0 heterocycles. The summed E-state index contributed by atoms with van der Waals surface area (Å²) in [6.45, 7) is 3.76. The second-order valence-electron chi connectivity index (χ2n) is 7.12. The zero-order valence-corrected chi connectivity index (χ0v) is 19.3. The first kappa shape index (κ1) is 26.9. The number of carbonyl (C=O) groups is 1. The molecule has 3 nitrogen and oxygen atoms in total. The van der Waals surface area contributed by atoms with Crippen LogP contribution in [0.5, 0.6) is 0 Å². The van der Waals surface area contributed by atoms with E-state index in [1.165, 1.54) is 77.0 Å². The number of unbranched alkanes of at least 4 members (excludes halogenated alkanes) is 11. The Bertz CT molecular complexity index is 338. The molecule has 0 aliphatic carbocycles. The molecule has 0 aromatic carbocycles. The minimum Gasteiger partial charge on any atom is -0.355 e. The summed E-state index contributed by atoms with van der Waals surface area (Å²) in [6, 6.07) is 0. The number of nitrogens with one attached hydrogen (secondary N) is 1. The van der Waals surface area contributed by atoms with E-state index in [4.69, 9.17) is 5.73 Å². The van der Waals surface area contributed by atoms with Gasteiger partial charge in [0.05, 0.1) is 0 Å². The van der Waals surface area contributed by atoms with Gasteiger partial charge in [0.15, 0.2) is 0 Å². The lowest BCUT2D eigenvalue weighted by atomic mass is 10.1. The van der Waals surface area contributed by atoms with Gasteiger partial charge >= 0.3 is 0 Å². The van der Waals surface area contributed by atoms with E-state index in [-0.39, 0.29) is 5.91 Å². The van der Waals surface area contributed by atoms with Gasteiger partial charge in [-0.1, -0.05) is 92.0 Å². The average molecular weight is 417 g/mol. The Balaban J connectivity index is 3.19. The van der Waals surface area contributed by atoms with Crippen molar-refractivity contribution >= 4 is 27.5 Å². The topological polar surface area (TPSA) is 55.1 Å². The van der Waals surface area contributed by atoms with E-state index in [9.17, 15) is 4.79 Å². The van der Waals surface area contributed by atoms with Crippen LogP contribution in [0.1, 0.15) is 96.8 Å². The Morgan fingerprint density at radius 3 is 2.00 bits per heavy atom. The molecular formula is C22H44N2OS2. The molecule has 0 bridgehead atoms. The molecular weight excluding hydrogens is 372 g/mol. The van der Waals surface area contributed by atoms with Crippen molar-refractivity contribution in [3.63, 3.8) is 0 Å². The molecule has 0 spiro atoms. The van der Waals surface area contributed by atoms with Gasteiger partial charge in [-0.05, 0) is 32.1 Å². The number of nitrogens with two attached hydrogens (primary N) is 1. The van der Waals surface area contributed by atoms with Crippen LogP contribution < -0.4 is 11.1 Å². The first-order valence-corrected chi connectivity index (χ1v) is 13.7. The first-order chi connectivity index (χ1) is 13.3. The number of hydrogen-bond donors (Lipinski definition) is 2. The van der Waals surface area contributed by atoms with Crippen LogP contribution in [-0.4, -0.2) is 30.5 Å². The number of hydrogen-bond acceptors (Lipinski definition) is 4. The highest BCUT2D eigenvalue weighted by atomic mass is 33.1. The number of allylic oxidation sites excluding steroid dienone is 2. The van der Waals surface area contributed by atoms with Crippen LogP contribution in [0.3, 0.4) is 0 Å². The highest BCUT2D eigenvalue weighted by Gasteiger charge is 2.00. The lowest BCUT2D eigenvalue weighted by Gasteiger charge is -2.05. The van der Waals surface area contributed by atoms with E-state index < -0.39 is 0 Å². The minimum atomic E-state index is 0.206. The van der Waals surface area contributed by atoms with Crippen LogP contribution in [0.2, 0.25) is 0 Å². The molecule has 0 rings (SSSR count). The van der Waals surface area contributed by atoms with Crippen molar-refractivity contribution in [3.8, 4) is 0 Å². The summed E-state index contributed by atoms with van der Waals surface area (Å²) in [5.41, 5.74) is 5.43. The van der Waals surface area contributed by atoms with Crippen molar-refractivity contribution in [2.24, 2.45) is 5.73 Å². The molecule has 0 aromatic heterocycles. The Hall–Kier alpha value is -0.130. The Kier molecular flexibility index (Phi) is 23.8. The van der Waals surface area contributed by atoms with Gasteiger partial charge in [0.2, 0.25) is 5.91 Å². The van der Waals surface area contributed by atoms with E-state index in [1.54, 1.807) is 21.6 Å². The molecule has 0 atom stereocenters. The normalized spacial score (nSPS) is 11.3. The van der Waals surface area contributed by atoms with E-state index in [0.29, 0.717) is 6.42 Å². The van der Waals surface area contributed by atoms with Gasteiger partial charge in [0, 0.05) is 31.0 Å². The largest absolute Gasteiger partial charge is 0.355 e. The van der Waals surface area contributed by atoms with Crippen molar-refractivity contribution in [1.82, 2.24) is 5.32 Å². The Labute approximate surface area is 176 Å². The Morgan fingerprint density at radius 2 is 1.37 bits per heavy atom. The quantitative estimate of drug-likeness (QED) is 0.128. The van der Waals surface area contributed by atoms with Crippen LogP contribution in [0.15, 0.2) is 12.2 Å². The van der Waals surface area contributed by atoms with E-state index in [0.717, 1.165) is 31.0 Å². The van der Waals surface area contributed by atoms with Gasteiger partial charge in [-0.25, -0.2) is 0 Å². The van der Waals surface area contributed by atoms with Crippen LogP contribution in [0, 0.1) is 0 Å². The summed E-state index contributed by atoms with van der Waals surface area (Å²) in [6.07, 6.45) is 22.2. The van der Waals surface area contributed by atoms with Crippen LogP contribution in [-0.2, 0) is 4.79 Å². The molecule has 0 aliphatic heterocycles. The molecule has 0 saturated carbocycles. The maximum atomic E-state index is 11.7.